The van der Waals surface area contributed by atoms with E-state index in [0.717, 1.165) is 22.3 Å². The molecule has 4 unspecified atom stereocenters. The molecule has 18 nitrogen and oxygen atoms in total. The van der Waals surface area contributed by atoms with E-state index in [1.54, 1.807) is 83.1 Å². The van der Waals surface area contributed by atoms with E-state index in [-0.39, 0.29) is 52.6 Å². The van der Waals surface area contributed by atoms with Crippen molar-refractivity contribution in [3.05, 3.63) is 70.8 Å². The molecule has 368 valence electrons. The van der Waals surface area contributed by atoms with Crippen LogP contribution in [0, 0.1) is 0 Å². The van der Waals surface area contributed by atoms with E-state index in [9.17, 15) is 19.2 Å². The molecule has 0 radical (unpaired) electrons. The third-order valence-electron chi connectivity index (χ3n) is 10.2. The van der Waals surface area contributed by atoms with E-state index in [1.807, 2.05) is 48.5 Å². The smallest absolute Gasteiger partial charge is 0.407 e. The van der Waals surface area contributed by atoms with Crippen molar-refractivity contribution >= 4 is 24.4 Å². The topological polar surface area (TPSA) is 209 Å². The number of alkyl carbamates (subject to hydrolysis) is 4. The first-order chi connectivity index (χ1) is 30.8. The summed E-state index contributed by atoms with van der Waals surface area (Å²) in [6.07, 6.45) is -8.39. The zero-order valence-electron chi connectivity index (χ0n) is 40.6. The SMILES string of the molecule is CC(C)(C)OC(=O)NC[C@@H]1O[C@H](CNC(=O)OC(C)(C)C)C2OCc3ccccc3COC3C(OCc4ccccc4COC21)[C@@H](CNC(=O)OC(C)(C)C)O[C@H]3CNC(=O)OC(C)(C)C. The summed E-state index contributed by atoms with van der Waals surface area (Å²) < 4.78 is 62.3. The lowest BCUT2D eigenvalue weighted by atomic mass is 10.0. The fraction of sp³-hybridized carbons (Fsp3) is 0.667. The second-order valence-corrected chi connectivity index (χ2v) is 20.6. The quantitative estimate of drug-likeness (QED) is 0.207. The number of amides is 4. The molecule has 3 heterocycles. The van der Waals surface area contributed by atoms with Crippen molar-refractivity contribution in [2.75, 3.05) is 26.2 Å². The molecule has 0 saturated carbocycles. The number of hydrogen-bond donors (Lipinski definition) is 4. The maximum atomic E-state index is 12.9. The van der Waals surface area contributed by atoms with Crippen LogP contribution in [0.1, 0.15) is 105 Å². The lowest BCUT2D eigenvalue weighted by Crippen LogP contribution is -2.45. The van der Waals surface area contributed by atoms with Gasteiger partial charge in [-0.15, -0.1) is 0 Å². The van der Waals surface area contributed by atoms with Crippen LogP contribution in [0.25, 0.3) is 0 Å². The minimum atomic E-state index is -0.746. The zero-order valence-corrected chi connectivity index (χ0v) is 40.6. The lowest BCUT2D eigenvalue weighted by molar-refractivity contribution is -0.0865. The lowest BCUT2D eigenvalue weighted by Gasteiger charge is -2.28. The minimum absolute atomic E-state index is 0.0172. The Balaban J connectivity index is 1.48. The van der Waals surface area contributed by atoms with Crippen LogP contribution in [0.2, 0.25) is 0 Å². The van der Waals surface area contributed by atoms with Crippen LogP contribution < -0.4 is 21.3 Å². The molecular weight excluding hydrogens is 857 g/mol. The highest BCUT2D eigenvalue weighted by molar-refractivity contribution is 5.69. The predicted octanol–water partition coefficient (Wildman–Crippen LogP) is 6.57. The van der Waals surface area contributed by atoms with E-state index in [2.05, 4.69) is 21.3 Å². The van der Waals surface area contributed by atoms with E-state index in [1.165, 1.54) is 0 Å². The Hall–Kier alpha value is -4.72. The van der Waals surface area contributed by atoms with E-state index >= 15 is 0 Å². The Kier molecular flexibility index (Phi) is 17.7. The Bertz CT molecular complexity index is 1670. The van der Waals surface area contributed by atoms with Crippen molar-refractivity contribution in [3.63, 3.8) is 0 Å². The van der Waals surface area contributed by atoms with Crippen LogP contribution in [0.15, 0.2) is 48.5 Å². The molecule has 4 N–H and O–H groups in total. The first kappa shape index (κ1) is 52.3. The third-order valence-corrected chi connectivity index (χ3v) is 10.2. The Morgan fingerprint density at radius 2 is 0.606 bits per heavy atom. The number of carbonyl (C=O) groups excluding carboxylic acids is 4. The third kappa shape index (κ3) is 16.9. The van der Waals surface area contributed by atoms with Gasteiger partial charge >= 0.3 is 24.4 Å². The molecule has 2 fully saturated rings. The van der Waals surface area contributed by atoms with Crippen LogP contribution in [0.3, 0.4) is 0 Å². The van der Waals surface area contributed by atoms with Gasteiger partial charge in [0.25, 0.3) is 0 Å². The van der Waals surface area contributed by atoms with E-state index in [0.29, 0.717) is 0 Å². The average molecular weight is 929 g/mol. The Morgan fingerprint density at radius 1 is 0.409 bits per heavy atom. The summed E-state index contributed by atoms with van der Waals surface area (Å²) in [5.41, 5.74) is 0.262. The molecule has 2 aromatic rings. The molecule has 18 heteroatoms. The van der Waals surface area contributed by atoms with Crippen LogP contribution in [0.4, 0.5) is 19.2 Å². The standard InChI is InChI=1S/C48H72N4O14/c1-45(2,3)63-41(53)49-21-33-37-38(34(61-33)22-50-42(54)64-46(4,5)6)58-26-30-18-15-16-20-32(30)28-60-40-36(24-52-44(56)66-48(10,11)12)62-35(23-51-43(55)65-47(7,8)9)39(40)59-27-31-19-14-13-17-29(31)25-57-37/h13-20,33-40H,21-28H2,1-12H3,(H,49,53)(H,50,54)(H,51,55)(H,52,56)/t33-,34+,35+,36-,37?,38?,39?,40?. The van der Waals surface area contributed by atoms with Gasteiger partial charge in [-0.05, 0) is 105 Å². The van der Waals surface area contributed by atoms with E-state index in [4.69, 9.17) is 47.4 Å². The van der Waals surface area contributed by atoms with Gasteiger partial charge in [0.2, 0.25) is 0 Å². The molecule has 2 aromatic carbocycles. The van der Waals surface area contributed by atoms with Gasteiger partial charge in [0.1, 0.15) is 71.2 Å². The van der Waals surface area contributed by atoms with Crippen LogP contribution in [0.5, 0.6) is 0 Å². The molecule has 2 saturated heterocycles. The number of ether oxygens (including phenoxy) is 10. The molecule has 3 aliphatic heterocycles. The maximum Gasteiger partial charge on any atom is 0.407 e. The van der Waals surface area contributed by atoms with Gasteiger partial charge in [-0.3, -0.25) is 0 Å². The normalized spacial score (nSPS) is 25.2. The van der Waals surface area contributed by atoms with E-state index < -0.39 is 95.6 Å². The van der Waals surface area contributed by atoms with Crippen LogP contribution in [-0.2, 0) is 73.8 Å². The molecule has 5 rings (SSSR count). The van der Waals surface area contributed by atoms with Gasteiger partial charge in [0.05, 0.1) is 26.4 Å². The van der Waals surface area contributed by atoms with Gasteiger partial charge in [-0.2, -0.15) is 0 Å². The first-order valence-electron chi connectivity index (χ1n) is 22.6. The van der Waals surface area contributed by atoms with Crippen molar-refractivity contribution in [2.24, 2.45) is 0 Å². The molecule has 66 heavy (non-hydrogen) atoms. The molecule has 0 bridgehead atoms. The number of fused-ring (bicyclic) bond motifs is 4. The maximum absolute atomic E-state index is 12.9. The van der Waals surface area contributed by atoms with Crippen LogP contribution in [-0.4, -0.2) is 122 Å². The molecular formula is C48H72N4O14. The second-order valence-electron chi connectivity index (χ2n) is 20.6. The molecule has 0 aliphatic carbocycles. The van der Waals surface area contributed by atoms with Crippen molar-refractivity contribution in [1.29, 1.82) is 0 Å². The number of rotatable bonds is 8. The molecule has 4 amide bonds. The van der Waals surface area contributed by atoms with Gasteiger partial charge in [0, 0.05) is 26.2 Å². The highest BCUT2D eigenvalue weighted by atomic mass is 16.6. The largest absolute Gasteiger partial charge is 0.444 e. The molecule has 3 aliphatic rings. The monoisotopic (exact) mass is 929 g/mol. The second kappa shape index (κ2) is 22.4. The average Bonchev–Trinajstić information content (AvgIpc) is 3.70. The van der Waals surface area contributed by atoms with Gasteiger partial charge in [0.15, 0.2) is 0 Å². The molecule has 0 spiro atoms. The van der Waals surface area contributed by atoms with Crippen molar-refractivity contribution in [2.45, 2.75) is 181 Å². The zero-order chi connectivity index (χ0) is 48.5. The number of benzene rings is 2. The van der Waals surface area contributed by atoms with Crippen molar-refractivity contribution < 1.29 is 66.5 Å². The minimum Gasteiger partial charge on any atom is -0.444 e. The summed E-state index contributed by atoms with van der Waals surface area (Å²) in [6, 6.07) is 15.3. The predicted molar refractivity (Wildman–Crippen MR) is 241 cm³/mol. The number of hydrogen-bond acceptors (Lipinski definition) is 14. The van der Waals surface area contributed by atoms with Gasteiger partial charge in [-0.25, -0.2) is 19.2 Å². The Morgan fingerprint density at radius 3 is 0.788 bits per heavy atom. The summed E-state index contributed by atoms with van der Waals surface area (Å²) in [5.74, 6) is 0. The molecule has 0 aromatic heterocycles. The summed E-state index contributed by atoms with van der Waals surface area (Å²) in [6.45, 7) is 21.8. The number of nitrogens with one attached hydrogen (secondary N) is 4. The summed E-state index contributed by atoms with van der Waals surface area (Å²) in [7, 11) is 0. The first-order valence-corrected chi connectivity index (χ1v) is 22.6. The van der Waals surface area contributed by atoms with Crippen LogP contribution >= 0.6 is 0 Å². The molecule has 8 atom stereocenters. The highest BCUT2D eigenvalue weighted by Crippen LogP contribution is 2.32. The highest BCUT2D eigenvalue weighted by Gasteiger charge is 2.49. The van der Waals surface area contributed by atoms with Crippen molar-refractivity contribution in [1.82, 2.24) is 21.3 Å². The number of carbonyl (C=O) groups is 4. The summed E-state index contributed by atoms with van der Waals surface area (Å²) in [4.78, 5) is 51.6. The summed E-state index contributed by atoms with van der Waals surface area (Å²) >= 11 is 0. The van der Waals surface area contributed by atoms with Gasteiger partial charge < -0.3 is 68.6 Å². The summed E-state index contributed by atoms with van der Waals surface area (Å²) in [5, 5.41) is 11.3. The fourth-order valence-corrected chi connectivity index (χ4v) is 7.49. The fourth-order valence-electron chi connectivity index (χ4n) is 7.49. The van der Waals surface area contributed by atoms with Crippen molar-refractivity contribution in [3.8, 4) is 0 Å². The Labute approximate surface area is 389 Å². The van der Waals surface area contributed by atoms with Gasteiger partial charge in [-0.1, -0.05) is 48.5 Å².